The van der Waals surface area contributed by atoms with Crippen molar-refractivity contribution in [1.29, 1.82) is 0 Å². The minimum Gasteiger partial charge on any atom is -0.324 e. The molecule has 0 aliphatic carbocycles. The topological polar surface area (TPSA) is 93.1 Å². The molecule has 0 saturated heterocycles. The van der Waals surface area contributed by atoms with Crippen LogP contribution in [0.3, 0.4) is 0 Å². The zero-order valence-electron chi connectivity index (χ0n) is 17.8. The molecular weight excluding hydrogens is 573 g/mol. The summed E-state index contributed by atoms with van der Waals surface area (Å²) >= 11 is 0. The summed E-state index contributed by atoms with van der Waals surface area (Å²) in [6.07, 6.45) is -13.7. The third-order valence-electron chi connectivity index (χ3n) is 3.88. The maximum Gasteiger partial charge on any atom is 0.460 e. The van der Waals surface area contributed by atoms with Crippen LogP contribution in [0.25, 0.3) is 0 Å². The van der Waals surface area contributed by atoms with E-state index in [2.05, 4.69) is 9.05 Å². The largest absolute Gasteiger partial charge is 0.460 e. The predicted octanol–water partition coefficient (Wildman–Crippen LogP) is 6.31. The summed E-state index contributed by atoms with van der Waals surface area (Å²) in [4.78, 5) is 17.9. The Balaban J connectivity index is 7.22. The van der Waals surface area contributed by atoms with Crippen molar-refractivity contribution in [3.05, 3.63) is 0 Å². The molecular formula is C14H19F13O6P2. The summed E-state index contributed by atoms with van der Waals surface area (Å²) in [7, 11) is -12.3. The minimum atomic E-state index is -8.25. The molecule has 0 aromatic heterocycles. The maximum atomic E-state index is 14.7. The van der Waals surface area contributed by atoms with Crippen LogP contribution in [0.4, 0.5) is 57.1 Å². The minimum absolute atomic E-state index is 0.841. The Morgan fingerprint density at radius 1 is 0.629 bits per heavy atom. The van der Waals surface area contributed by atoms with Gasteiger partial charge in [0.1, 0.15) is 5.66 Å². The van der Waals surface area contributed by atoms with Crippen molar-refractivity contribution in [1.82, 2.24) is 0 Å². The second-order valence-electron chi connectivity index (χ2n) is 7.63. The molecule has 1 atom stereocenters. The van der Waals surface area contributed by atoms with Crippen LogP contribution in [0.5, 0.6) is 0 Å². The summed E-state index contributed by atoms with van der Waals surface area (Å²) < 4.78 is 208. The zero-order valence-corrected chi connectivity index (χ0v) is 19.6. The standard InChI is InChI=1S/C14H19F13O6P2/c1-6(2)32-35(31,33-7(3)4)8(5-34(28,29)30)9(15,16)10(17,18)11(19,20)12(21,22)13(23,24)14(25,26)27/h6-8H,5H2,1-4H3,(H2,28,29,30). The third-order valence-corrected chi connectivity index (χ3v) is 7.71. The fourth-order valence-electron chi connectivity index (χ4n) is 2.39. The van der Waals surface area contributed by atoms with Crippen molar-refractivity contribution in [2.45, 2.75) is 81.4 Å². The SMILES string of the molecule is CC(C)OP(=O)(OC(C)C)C(CP(=O)(O)O)C(F)(F)C(F)(F)C(F)(F)C(F)(F)C(F)(F)C(F)(F)F. The lowest BCUT2D eigenvalue weighted by Crippen LogP contribution is -2.71. The van der Waals surface area contributed by atoms with E-state index in [-0.39, 0.29) is 0 Å². The molecule has 0 aromatic carbocycles. The number of hydrogen-bond donors (Lipinski definition) is 2. The lowest BCUT2D eigenvalue weighted by molar-refractivity contribution is -0.439. The van der Waals surface area contributed by atoms with Gasteiger partial charge in [0, 0.05) is 0 Å². The number of alkyl halides is 13. The van der Waals surface area contributed by atoms with Crippen molar-refractivity contribution in [3.8, 4) is 0 Å². The molecule has 0 amide bonds. The van der Waals surface area contributed by atoms with E-state index < -0.39 is 75.0 Å². The zero-order chi connectivity index (χ0) is 28.9. The van der Waals surface area contributed by atoms with Crippen LogP contribution in [-0.2, 0) is 18.2 Å². The number of rotatable bonds is 12. The maximum absolute atomic E-state index is 14.7. The Morgan fingerprint density at radius 3 is 1.20 bits per heavy atom. The molecule has 0 fully saturated rings. The summed E-state index contributed by atoms with van der Waals surface area (Å²) in [5, 5.41) is 0. The first kappa shape index (κ1) is 34.4. The van der Waals surface area contributed by atoms with Gasteiger partial charge in [-0.15, -0.1) is 0 Å². The van der Waals surface area contributed by atoms with E-state index in [4.69, 9.17) is 9.79 Å². The predicted molar refractivity (Wildman–Crippen MR) is 91.5 cm³/mol. The first-order chi connectivity index (χ1) is 14.9. The van der Waals surface area contributed by atoms with Crippen LogP contribution >= 0.6 is 15.2 Å². The first-order valence-electron chi connectivity index (χ1n) is 8.89. The summed E-state index contributed by atoms with van der Waals surface area (Å²) in [5.74, 6) is -39.6. The average molecular weight is 592 g/mol. The smallest absolute Gasteiger partial charge is 0.324 e. The van der Waals surface area contributed by atoms with E-state index >= 15 is 0 Å². The first-order valence-corrected chi connectivity index (χ1v) is 12.3. The molecule has 0 bridgehead atoms. The van der Waals surface area contributed by atoms with E-state index in [1.165, 1.54) is 0 Å². The summed E-state index contributed by atoms with van der Waals surface area (Å²) in [6, 6.07) is 0. The fourth-order valence-corrected chi connectivity index (χ4v) is 6.59. The second kappa shape index (κ2) is 9.93. The molecule has 212 valence electrons. The molecule has 1 unspecified atom stereocenters. The Morgan fingerprint density at radius 2 is 0.943 bits per heavy atom. The molecule has 0 spiro atoms. The van der Waals surface area contributed by atoms with E-state index in [0.29, 0.717) is 0 Å². The third kappa shape index (κ3) is 6.46. The molecule has 0 heterocycles. The number of halogens is 13. The van der Waals surface area contributed by atoms with Crippen molar-refractivity contribution < 1.29 is 85.0 Å². The number of hydrogen-bond acceptors (Lipinski definition) is 4. The Kier molecular flexibility index (Phi) is 9.76. The van der Waals surface area contributed by atoms with Crippen molar-refractivity contribution >= 4 is 15.2 Å². The van der Waals surface area contributed by atoms with Gasteiger partial charge in [-0.3, -0.25) is 9.13 Å². The van der Waals surface area contributed by atoms with Gasteiger partial charge in [-0.05, 0) is 27.7 Å². The van der Waals surface area contributed by atoms with Crippen LogP contribution in [0, 0.1) is 0 Å². The van der Waals surface area contributed by atoms with Crippen LogP contribution in [0.2, 0.25) is 0 Å². The van der Waals surface area contributed by atoms with Crippen molar-refractivity contribution in [3.63, 3.8) is 0 Å². The molecule has 0 rings (SSSR count). The average Bonchev–Trinajstić information content (AvgIpc) is 2.55. The van der Waals surface area contributed by atoms with E-state index in [9.17, 15) is 66.2 Å². The van der Waals surface area contributed by atoms with Gasteiger partial charge in [-0.25, -0.2) is 0 Å². The highest BCUT2D eigenvalue weighted by molar-refractivity contribution is 7.58. The van der Waals surface area contributed by atoms with Gasteiger partial charge in [0.25, 0.3) is 0 Å². The quantitative estimate of drug-likeness (QED) is 0.204. The highest BCUT2D eigenvalue weighted by Crippen LogP contribution is 2.68. The fraction of sp³-hybridized carbons (Fsp3) is 1.00. The van der Waals surface area contributed by atoms with Crippen molar-refractivity contribution in [2.75, 3.05) is 6.16 Å². The van der Waals surface area contributed by atoms with Crippen molar-refractivity contribution in [2.24, 2.45) is 0 Å². The van der Waals surface area contributed by atoms with Gasteiger partial charge in [0.15, 0.2) is 0 Å². The normalized spacial score (nSPS) is 16.8. The Hall–Kier alpha value is -0.610. The lowest BCUT2D eigenvalue weighted by Gasteiger charge is -2.43. The van der Waals surface area contributed by atoms with E-state index in [1.54, 1.807) is 0 Å². The van der Waals surface area contributed by atoms with Gasteiger partial charge >= 0.3 is 51.0 Å². The van der Waals surface area contributed by atoms with Gasteiger partial charge in [0.05, 0.1) is 18.4 Å². The second-order valence-corrected chi connectivity index (χ2v) is 11.4. The van der Waals surface area contributed by atoms with Gasteiger partial charge in [-0.2, -0.15) is 57.1 Å². The molecule has 21 heteroatoms. The van der Waals surface area contributed by atoms with Gasteiger partial charge in [-0.1, -0.05) is 0 Å². The molecule has 6 nitrogen and oxygen atoms in total. The highest BCUT2D eigenvalue weighted by atomic mass is 31.2. The summed E-state index contributed by atoms with van der Waals surface area (Å²) in [5.41, 5.74) is -4.43. The van der Waals surface area contributed by atoms with Crippen LogP contribution < -0.4 is 0 Å². The van der Waals surface area contributed by atoms with Crippen LogP contribution in [0.15, 0.2) is 0 Å². The van der Waals surface area contributed by atoms with Gasteiger partial charge in [0.2, 0.25) is 0 Å². The molecule has 35 heavy (non-hydrogen) atoms. The molecule has 0 saturated carbocycles. The molecule has 0 aliphatic rings. The molecule has 0 aromatic rings. The highest BCUT2D eigenvalue weighted by Gasteiger charge is 2.92. The molecule has 2 N–H and O–H groups in total. The molecule has 0 aliphatic heterocycles. The molecule has 0 radical (unpaired) electrons. The van der Waals surface area contributed by atoms with Crippen LogP contribution in [0.1, 0.15) is 27.7 Å². The Bertz CT molecular complexity index is 823. The van der Waals surface area contributed by atoms with Gasteiger partial charge < -0.3 is 18.8 Å². The van der Waals surface area contributed by atoms with E-state index in [1.807, 2.05) is 0 Å². The monoisotopic (exact) mass is 592 g/mol. The Labute approximate surface area is 188 Å². The summed E-state index contributed by atoms with van der Waals surface area (Å²) in [6.45, 7) is 3.36. The lowest BCUT2D eigenvalue weighted by atomic mass is 9.93. The van der Waals surface area contributed by atoms with E-state index in [0.717, 1.165) is 27.7 Å². The van der Waals surface area contributed by atoms with Crippen LogP contribution in [-0.4, -0.2) is 69.6 Å².